The van der Waals surface area contributed by atoms with E-state index in [9.17, 15) is 0 Å². The highest BCUT2D eigenvalue weighted by atomic mass is 79.9. The van der Waals surface area contributed by atoms with E-state index in [2.05, 4.69) is 117 Å². The standard InChI is InChI=1S/C37H48BrN8P/c1-6-25-22-33(24(2)21-34(25)46-15-13-27(14-16-46)45-19-17-44(3)18-20-45)42-37-39-23-29(38)36(43-37)41-32-12-11-31-28(35(32)47(4)5)9-10-30(40-31)26-7-8-26/h9-12,21-23,26-27H,6-8,13-20H2,1-5H3,(H2,39,41,42,43). The van der Waals surface area contributed by atoms with Gasteiger partial charge in [0.2, 0.25) is 5.95 Å². The number of rotatable bonds is 9. The molecular formula is C37H48BrN8P. The number of hydrogen-bond donors (Lipinski definition) is 2. The third kappa shape index (κ3) is 7.15. The molecule has 0 spiro atoms. The summed E-state index contributed by atoms with van der Waals surface area (Å²) in [7, 11) is 1.85. The van der Waals surface area contributed by atoms with E-state index >= 15 is 0 Å². The molecule has 0 amide bonds. The Bertz CT molecular complexity index is 1740. The van der Waals surface area contributed by atoms with Crippen LogP contribution < -0.4 is 20.8 Å². The minimum atomic E-state index is -0.391. The van der Waals surface area contributed by atoms with Crippen molar-refractivity contribution in [1.29, 1.82) is 0 Å². The van der Waals surface area contributed by atoms with Crippen LogP contribution in [0, 0.1) is 6.92 Å². The molecule has 4 heterocycles. The van der Waals surface area contributed by atoms with Gasteiger partial charge in [0, 0.05) is 90.9 Å². The van der Waals surface area contributed by atoms with Gasteiger partial charge in [0.05, 0.1) is 9.99 Å². The first-order valence-electron chi connectivity index (χ1n) is 17.3. The summed E-state index contributed by atoms with van der Waals surface area (Å²) in [4.78, 5) is 22.4. The number of pyridine rings is 1. The van der Waals surface area contributed by atoms with Crippen molar-refractivity contribution in [3.05, 3.63) is 63.9 Å². The van der Waals surface area contributed by atoms with Gasteiger partial charge in [-0.3, -0.25) is 9.88 Å². The predicted octanol–water partition coefficient (Wildman–Crippen LogP) is 7.61. The summed E-state index contributed by atoms with van der Waals surface area (Å²) in [6, 6.07) is 14.2. The first-order chi connectivity index (χ1) is 22.8. The van der Waals surface area contributed by atoms with Crippen LogP contribution in [0.2, 0.25) is 0 Å². The number of aromatic nitrogens is 3. The van der Waals surface area contributed by atoms with Crippen molar-refractivity contribution in [2.45, 2.75) is 57.9 Å². The molecule has 8 nitrogen and oxygen atoms in total. The smallest absolute Gasteiger partial charge is 0.229 e. The molecule has 0 atom stereocenters. The van der Waals surface area contributed by atoms with E-state index in [1.54, 1.807) is 0 Å². The van der Waals surface area contributed by atoms with E-state index in [0.29, 0.717) is 17.9 Å². The van der Waals surface area contributed by atoms with Crippen LogP contribution in [0.4, 0.5) is 28.8 Å². The molecule has 2 N–H and O–H groups in total. The lowest BCUT2D eigenvalue weighted by atomic mass is 9.98. The molecule has 3 fully saturated rings. The average Bonchev–Trinajstić information content (AvgIpc) is 3.93. The molecule has 2 aliphatic heterocycles. The highest BCUT2D eigenvalue weighted by molar-refractivity contribution is 9.10. The Hall–Kier alpha value is -2.84. The van der Waals surface area contributed by atoms with E-state index < -0.39 is 7.92 Å². The number of nitrogens with zero attached hydrogens (tertiary/aromatic N) is 6. The number of nitrogens with one attached hydrogen (secondary N) is 2. The molecule has 10 heteroatoms. The molecule has 1 aliphatic carbocycles. The molecule has 0 unspecified atom stereocenters. The Kier molecular flexibility index (Phi) is 9.70. The van der Waals surface area contributed by atoms with Gasteiger partial charge in [-0.25, -0.2) is 4.98 Å². The molecule has 3 aliphatic rings. The Labute approximate surface area is 289 Å². The summed E-state index contributed by atoms with van der Waals surface area (Å²) >= 11 is 3.71. The highest BCUT2D eigenvalue weighted by Gasteiger charge is 2.28. The molecule has 0 bridgehead atoms. The quantitative estimate of drug-likeness (QED) is 0.172. The number of fused-ring (bicyclic) bond motifs is 1. The topological polar surface area (TPSA) is 72.4 Å². The number of hydrogen-bond acceptors (Lipinski definition) is 8. The second-order valence-corrected chi connectivity index (χ2v) is 16.9. The van der Waals surface area contributed by atoms with Crippen LogP contribution >= 0.6 is 23.9 Å². The lowest BCUT2D eigenvalue weighted by Crippen LogP contribution is -2.52. The zero-order valence-electron chi connectivity index (χ0n) is 28.5. The van der Waals surface area contributed by atoms with Crippen LogP contribution in [0.5, 0.6) is 0 Å². The molecular weight excluding hydrogens is 667 g/mol. The zero-order chi connectivity index (χ0) is 32.7. The van der Waals surface area contributed by atoms with Crippen molar-refractivity contribution in [2.75, 3.05) is 75.2 Å². The minimum absolute atomic E-state index is 0.391. The first kappa shape index (κ1) is 32.7. The van der Waals surface area contributed by atoms with Gasteiger partial charge in [-0.05, 0) is 117 Å². The average molecular weight is 716 g/mol. The SMILES string of the molecule is CCc1cc(Nc2ncc(Br)c(Nc3ccc4nc(C5CC5)ccc4c3P(C)C)n2)c(C)cc1N1CCC(N2CCN(C)CC2)CC1. The van der Waals surface area contributed by atoms with E-state index in [0.717, 1.165) is 46.7 Å². The largest absolute Gasteiger partial charge is 0.371 e. The maximum Gasteiger partial charge on any atom is 0.229 e. The van der Waals surface area contributed by atoms with E-state index in [1.807, 2.05) is 6.20 Å². The Morgan fingerprint density at radius 1 is 0.894 bits per heavy atom. The predicted molar refractivity (Wildman–Crippen MR) is 203 cm³/mol. The fraction of sp³-hybridized carbons (Fsp3) is 0.486. The number of piperazine rings is 1. The number of piperidine rings is 1. The molecule has 0 radical (unpaired) electrons. The molecule has 2 saturated heterocycles. The number of likely N-dealkylation sites (N-methyl/N-ethyl adjacent to an activating group) is 1. The number of benzene rings is 2. The van der Waals surface area contributed by atoms with Crippen LogP contribution in [0.25, 0.3) is 10.9 Å². The maximum absolute atomic E-state index is 5.02. The van der Waals surface area contributed by atoms with Crippen LogP contribution in [0.3, 0.4) is 0 Å². The zero-order valence-corrected chi connectivity index (χ0v) is 31.0. The van der Waals surface area contributed by atoms with Gasteiger partial charge in [0.1, 0.15) is 5.82 Å². The van der Waals surface area contributed by atoms with Gasteiger partial charge in [-0.2, -0.15) is 4.98 Å². The normalized spacial score (nSPS) is 18.3. The molecule has 2 aromatic heterocycles. The van der Waals surface area contributed by atoms with Crippen LogP contribution in [0.1, 0.15) is 55.3 Å². The Morgan fingerprint density at radius 3 is 2.36 bits per heavy atom. The lowest BCUT2D eigenvalue weighted by Gasteiger charge is -2.43. The monoisotopic (exact) mass is 714 g/mol. The van der Waals surface area contributed by atoms with Crippen molar-refractivity contribution in [1.82, 2.24) is 24.8 Å². The summed E-state index contributed by atoms with van der Waals surface area (Å²) < 4.78 is 0.828. The van der Waals surface area contributed by atoms with Crippen molar-refractivity contribution in [3.8, 4) is 0 Å². The highest BCUT2D eigenvalue weighted by Crippen LogP contribution is 2.41. The molecule has 4 aromatic rings. The summed E-state index contributed by atoms with van der Waals surface area (Å²) in [5, 5.41) is 9.75. The van der Waals surface area contributed by atoms with Gasteiger partial charge in [-0.15, -0.1) is 0 Å². The third-order valence-electron chi connectivity index (χ3n) is 10.2. The van der Waals surface area contributed by atoms with Gasteiger partial charge in [-0.1, -0.05) is 20.9 Å². The van der Waals surface area contributed by atoms with Gasteiger partial charge in [0.15, 0.2) is 0 Å². The lowest BCUT2D eigenvalue weighted by molar-refractivity contribution is 0.0982. The number of aryl methyl sites for hydroxylation is 2. The Morgan fingerprint density at radius 2 is 1.66 bits per heavy atom. The van der Waals surface area contributed by atoms with E-state index in [-0.39, 0.29) is 0 Å². The van der Waals surface area contributed by atoms with Crippen LogP contribution in [0.15, 0.2) is 47.1 Å². The second-order valence-electron chi connectivity index (χ2n) is 13.8. The van der Waals surface area contributed by atoms with Crippen LogP contribution in [-0.2, 0) is 6.42 Å². The minimum Gasteiger partial charge on any atom is -0.371 e. The number of anilines is 5. The summed E-state index contributed by atoms with van der Waals surface area (Å²) in [5.41, 5.74) is 8.40. The van der Waals surface area contributed by atoms with Crippen molar-refractivity contribution in [2.24, 2.45) is 0 Å². The van der Waals surface area contributed by atoms with Gasteiger partial charge >= 0.3 is 0 Å². The Balaban J connectivity index is 1.08. The van der Waals surface area contributed by atoms with Gasteiger partial charge < -0.3 is 20.4 Å². The molecule has 2 aromatic carbocycles. The van der Waals surface area contributed by atoms with Gasteiger partial charge in [0.25, 0.3) is 0 Å². The van der Waals surface area contributed by atoms with Crippen molar-refractivity contribution >= 4 is 68.9 Å². The molecule has 1 saturated carbocycles. The van der Waals surface area contributed by atoms with Crippen molar-refractivity contribution in [3.63, 3.8) is 0 Å². The maximum atomic E-state index is 5.02. The van der Waals surface area contributed by atoms with Crippen LogP contribution in [-0.4, -0.2) is 90.4 Å². The van der Waals surface area contributed by atoms with Crippen molar-refractivity contribution < 1.29 is 0 Å². The third-order valence-corrected chi connectivity index (χ3v) is 12.2. The summed E-state index contributed by atoms with van der Waals surface area (Å²) in [5.74, 6) is 1.97. The summed E-state index contributed by atoms with van der Waals surface area (Å²) in [6.45, 7) is 16.1. The fourth-order valence-electron chi connectivity index (χ4n) is 7.27. The molecule has 47 heavy (non-hydrogen) atoms. The van der Waals surface area contributed by atoms with E-state index in [4.69, 9.17) is 9.97 Å². The number of halogens is 1. The first-order valence-corrected chi connectivity index (χ1v) is 20.3. The van der Waals surface area contributed by atoms with E-state index in [1.165, 1.54) is 85.1 Å². The second kappa shape index (κ2) is 13.9. The molecule has 248 valence electrons. The fourth-order valence-corrected chi connectivity index (χ4v) is 8.84. The molecule has 7 rings (SSSR count). The summed E-state index contributed by atoms with van der Waals surface area (Å²) in [6.07, 6.45) is 7.81.